The molecule has 298 valence electrons. The number of carbonyl (C=O) groups is 1. The highest BCUT2D eigenvalue weighted by atomic mass is 31.2. The Labute approximate surface area is 314 Å². The van der Waals surface area contributed by atoms with Crippen LogP contribution in [0.2, 0.25) is 0 Å². The summed E-state index contributed by atoms with van der Waals surface area (Å²) in [5, 5.41) is 0. The van der Waals surface area contributed by atoms with Gasteiger partial charge in [-0.2, -0.15) is 0 Å². The van der Waals surface area contributed by atoms with Crippen LogP contribution in [-0.4, -0.2) is 75.6 Å². The van der Waals surface area contributed by atoms with Crippen LogP contribution in [0.4, 0.5) is 0 Å². The summed E-state index contributed by atoms with van der Waals surface area (Å²) in [6, 6.07) is 0. The van der Waals surface area contributed by atoms with E-state index in [4.69, 9.17) is 18.5 Å². The molecule has 0 heterocycles. The predicted molar refractivity (Wildman–Crippen MR) is 215 cm³/mol. The van der Waals surface area contributed by atoms with Gasteiger partial charge in [-0.1, -0.05) is 146 Å². The number of ether oxygens (including phenoxy) is 2. The highest BCUT2D eigenvalue weighted by Crippen LogP contribution is 2.43. The molecule has 0 amide bonds. The Kier molecular flexibility index (Phi) is 34.4. The van der Waals surface area contributed by atoms with E-state index in [1.54, 1.807) is 0 Å². The number of esters is 1. The Hall–Kier alpha value is -1.54. The quantitative estimate of drug-likeness (QED) is 0.0223. The van der Waals surface area contributed by atoms with Gasteiger partial charge in [0.1, 0.15) is 19.3 Å². The van der Waals surface area contributed by atoms with Crippen LogP contribution < -0.4 is 0 Å². The van der Waals surface area contributed by atoms with Crippen molar-refractivity contribution < 1.29 is 37.3 Å². The first-order valence-electron chi connectivity index (χ1n) is 20.4. The molecule has 0 fully saturated rings. The fraction of sp³-hybridized carbons (Fsp3) is 0.786. The van der Waals surface area contributed by atoms with E-state index in [0.29, 0.717) is 24.1 Å². The molecule has 0 aromatic rings. The van der Waals surface area contributed by atoms with Crippen LogP contribution in [0.1, 0.15) is 155 Å². The monoisotopic (exact) mass is 741 g/mol. The minimum atomic E-state index is -4.25. The van der Waals surface area contributed by atoms with Crippen molar-refractivity contribution in [2.45, 2.75) is 161 Å². The molecule has 2 unspecified atom stereocenters. The number of quaternary nitrogens is 1. The molecule has 8 nitrogen and oxygen atoms in total. The predicted octanol–water partition coefficient (Wildman–Crippen LogP) is 11.6. The number of rotatable bonds is 37. The molecule has 0 rings (SSSR count). The van der Waals surface area contributed by atoms with Gasteiger partial charge in [0.15, 0.2) is 0 Å². The van der Waals surface area contributed by atoms with Crippen LogP contribution in [0.5, 0.6) is 0 Å². The number of allylic oxidation sites excluding steroid dienone is 8. The standard InChI is InChI=1S/C42H78NO7P/c1-6-8-10-11-12-13-14-15-16-17-18-19-20-21-22-23-24-25-26-27-28-29-30-31-32-34-37-47-39-41(50-42(44)35-33-9-7-2)40-49-51(45,46)48-38-36-43(3,4)5/h8,10,12-13,15-16,18-19,41H,6-7,9,11,14,17,20-40H2,1-5H3/p+1/b10-8-,13-12-,16-15-,19-18-. The lowest BCUT2D eigenvalue weighted by Crippen LogP contribution is -2.37. The molecule has 1 N–H and O–H groups in total. The van der Waals surface area contributed by atoms with Crippen molar-refractivity contribution in [3.63, 3.8) is 0 Å². The number of phosphoric acid groups is 1. The normalized spacial score (nSPS) is 14.4. The fourth-order valence-electron chi connectivity index (χ4n) is 5.25. The van der Waals surface area contributed by atoms with Gasteiger partial charge in [-0.05, 0) is 51.4 Å². The maximum Gasteiger partial charge on any atom is 0.472 e. The first-order chi connectivity index (χ1) is 24.6. The molecule has 51 heavy (non-hydrogen) atoms. The van der Waals surface area contributed by atoms with Crippen molar-refractivity contribution in [1.82, 2.24) is 0 Å². The van der Waals surface area contributed by atoms with E-state index >= 15 is 0 Å². The van der Waals surface area contributed by atoms with E-state index in [2.05, 4.69) is 62.5 Å². The van der Waals surface area contributed by atoms with Gasteiger partial charge in [-0.25, -0.2) is 4.57 Å². The molecule has 9 heteroatoms. The third kappa shape index (κ3) is 39.5. The van der Waals surface area contributed by atoms with Crippen LogP contribution in [0.3, 0.4) is 0 Å². The highest BCUT2D eigenvalue weighted by molar-refractivity contribution is 7.47. The van der Waals surface area contributed by atoms with Gasteiger partial charge in [0, 0.05) is 13.0 Å². The Morgan fingerprint density at radius 2 is 1.14 bits per heavy atom. The molecule has 0 aliphatic carbocycles. The second-order valence-corrected chi connectivity index (χ2v) is 16.1. The second kappa shape index (κ2) is 35.5. The number of hydrogen-bond donors (Lipinski definition) is 1. The lowest BCUT2D eigenvalue weighted by molar-refractivity contribution is -0.870. The summed E-state index contributed by atoms with van der Waals surface area (Å²) < 4.78 is 34.5. The van der Waals surface area contributed by atoms with Crippen molar-refractivity contribution in [2.24, 2.45) is 0 Å². The van der Waals surface area contributed by atoms with E-state index < -0.39 is 13.9 Å². The van der Waals surface area contributed by atoms with Gasteiger partial charge in [-0.3, -0.25) is 13.8 Å². The summed E-state index contributed by atoms with van der Waals surface area (Å²) in [6.07, 6.45) is 42.3. The molecule has 0 aromatic heterocycles. The maximum atomic E-state index is 12.3. The molecule has 0 radical (unpaired) electrons. The number of nitrogens with zero attached hydrogens (tertiary/aromatic N) is 1. The number of unbranched alkanes of at least 4 members (excludes halogenated alkanes) is 15. The summed E-state index contributed by atoms with van der Waals surface area (Å²) in [4.78, 5) is 22.4. The van der Waals surface area contributed by atoms with Crippen LogP contribution in [0.25, 0.3) is 0 Å². The second-order valence-electron chi connectivity index (χ2n) is 14.6. The fourth-order valence-corrected chi connectivity index (χ4v) is 5.99. The third-order valence-corrected chi connectivity index (χ3v) is 9.39. The maximum absolute atomic E-state index is 12.3. The molecule has 0 aromatic carbocycles. The highest BCUT2D eigenvalue weighted by Gasteiger charge is 2.26. The van der Waals surface area contributed by atoms with Gasteiger partial charge >= 0.3 is 13.8 Å². The van der Waals surface area contributed by atoms with E-state index in [-0.39, 0.29) is 25.8 Å². The first-order valence-corrected chi connectivity index (χ1v) is 21.9. The van der Waals surface area contributed by atoms with E-state index in [1.807, 2.05) is 21.1 Å². The average molecular weight is 741 g/mol. The molecule has 0 aliphatic heterocycles. The minimum absolute atomic E-state index is 0.0872. The molecule has 0 spiro atoms. The molecule has 2 atom stereocenters. The first kappa shape index (κ1) is 49.5. The van der Waals surface area contributed by atoms with Crippen molar-refractivity contribution in [2.75, 3.05) is 54.1 Å². The number of phosphoric ester groups is 1. The SMILES string of the molecule is CC/C=C\C/C=C\C/C=C\C/C=C\CCCCCCCCCCCCCCCOCC(COP(=O)(O)OCC[N+](C)(C)C)OC(=O)CCCCC. The number of likely N-dealkylation sites (N-methyl/N-ethyl adjacent to an activating group) is 1. The molecule has 0 saturated heterocycles. The zero-order valence-electron chi connectivity index (χ0n) is 33.6. The van der Waals surface area contributed by atoms with Crippen molar-refractivity contribution in [3.8, 4) is 0 Å². The molecule has 0 saturated carbocycles. The lowest BCUT2D eigenvalue weighted by atomic mass is 10.0. The summed E-state index contributed by atoms with van der Waals surface area (Å²) in [5.41, 5.74) is 0. The summed E-state index contributed by atoms with van der Waals surface area (Å²) in [7, 11) is 1.66. The van der Waals surface area contributed by atoms with E-state index in [9.17, 15) is 14.3 Å². The zero-order chi connectivity index (χ0) is 37.7. The van der Waals surface area contributed by atoms with Gasteiger partial charge in [0.2, 0.25) is 0 Å². The molecule has 0 aliphatic rings. The van der Waals surface area contributed by atoms with E-state index in [0.717, 1.165) is 57.8 Å². The van der Waals surface area contributed by atoms with Crippen LogP contribution in [0.15, 0.2) is 48.6 Å². The molecule has 0 bridgehead atoms. The Bertz CT molecular complexity index is 957. The Morgan fingerprint density at radius 3 is 1.67 bits per heavy atom. The van der Waals surface area contributed by atoms with Gasteiger partial charge in [0.05, 0.1) is 34.4 Å². The van der Waals surface area contributed by atoms with E-state index in [1.165, 1.54) is 77.0 Å². The molecular weight excluding hydrogens is 661 g/mol. The zero-order valence-corrected chi connectivity index (χ0v) is 34.5. The van der Waals surface area contributed by atoms with Crippen molar-refractivity contribution >= 4 is 13.8 Å². The molecular formula is C42H79NO7P+. The van der Waals surface area contributed by atoms with Crippen molar-refractivity contribution in [3.05, 3.63) is 48.6 Å². The summed E-state index contributed by atoms with van der Waals surface area (Å²) in [6.45, 7) is 5.33. The van der Waals surface area contributed by atoms with Crippen LogP contribution in [0, 0.1) is 0 Å². The summed E-state index contributed by atoms with van der Waals surface area (Å²) in [5.74, 6) is -0.340. The average Bonchev–Trinajstić information content (AvgIpc) is 3.07. The summed E-state index contributed by atoms with van der Waals surface area (Å²) >= 11 is 0. The Morgan fingerprint density at radius 1 is 0.627 bits per heavy atom. The lowest BCUT2D eigenvalue weighted by Gasteiger charge is -2.24. The third-order valence-electron chi connectivity index (χ3n) is 8.40. The van der Waals surface area contributed by atoms with Crippen molar-refractivity contribution in [1.29, 1.82) is 0 Å². The van der Waals surface area contributed by atoms with Crippen LogP contribution in [-0.2, 0) is 27.9 Å². The topological polar surface area (TPSA) is 91.3 Å². The minimum Gasteiger partial charge on any atom is -0.457 e. The van der Waals surface area contributed by atoms with Gasteiger partial charge in [-0.15, -0.1) is 0 Å². The van der Waals surface area contributed by atoms with Gasteiger partial charge < -0.3 is 18.9 Å². The van der Waals surface area contributed by atoms with Gasteiger partial charge in [0.25, 0.3) is 0 Å². The number of hydrogen-bond acceptors (Lipinski definition) is 6. The largest absolute Gasteiger partial charge is 0.472 e. The van der Waals surface area contributed by atoms with Crippen LogP contribution >= 0.6 is 7.82 Å². The smallest absolute Gasteiger partial charge is 0.457 e. The Balaban J connectivity index is 3.83. The number of carbonyl (C=O) groups excluding carboxylic acids is 1.